The zero-order valence-corrected chi connectivity index (χ0v) is 12.8. The molecule has 1 N–H and O–H groups in total. The molecule has 1 amide bonds. The Bertz CT molecular complexity index is 389. The molecule has 2 saturated carbocycles. The molecule has 3 nitrogen and oxygen atoms in total. The van der Waals surface area contributed by atoms with Gasteiger partial charge in [0, 0.05) is 0 Å². The molecule has 3 rings (SSSR count). The summed E-state index contributed by atoms with van der Waals surface area (Å²) in [6.45, 7) is 7.57. The molecule has 1 saturated heterocycles. The molecule has 2 bridgehead atoms. The minimum atomic E-state index is -0.349. The van der Waals surface area contributed by atoms with Crippen molar-refractivity contribution >= 4 is 30.2 Å². The van der Waals surface area contributed by atoms with Crippen molar-refractivity contribution in [3.63, 3.8) is 0 Å². The third-order valence-electron chi connectivity index (χ3n) is 5.93. The Labute approximate surface area is 112 Å². The Morgan fingerprint density at radius 2 is 2.18 bits per heavy atom. The number of amides is 1. The molecule has 3 fully saturated rings. The van der Waals surface area contributed by atoms with Crippen LogP contribution in [0.1, 0.15) is 33.6 Å². The number of carbonyl (C=O) groups is 1. The van der Waals surface area contributed by atoms with E-state index in [1.54, 1.807) is 0 Å². The van der Waals surface area contributed by atoms with E-state index in [0.717, 1.165) is 6.42 Å². The van der Waals surface area contributed by atoms with Gasteiger partial charge in [-0.25, -0.2) is 0 Å². The van der Waals surface area contributed by atoms with E-state index < -0.39 is 0 Å². The van der Waals surface area contributed by atoms with Crippen molar-refractivity contribution in [2.45, 2.75) is 44.0 Å². The third-order valence-corrected chi connectivity index (χ3v) is 8.82. The van der Waals surface area contributed by atoms with Crippen molar-refractivity contribution in [3.05, 3.63) is 0 Å². The summed E-state index contributed by atoms with van der Waals surface area (Å²) in [7, 11) is 6.25. The molecule has 96 valence electrons. The molecule has 1 aliphatic heterocycles. The van der Waals surface area contributed by atoms with E-state index in [9.17, 15) is 4.79 Å². The Kier molecular flexibility index (Phi) is 2.38. The van der Waals surface area contributed by atoms with Gasteiger partial charge in [-0.2, -0.15) is 0 Å². The Balaban J connectivity index is 2.12. The maximum absolute atomic E-state index is 11.5. The van der Waals surface area contributed by atoms with Gasteiger partial charge in [-0.1, -0.05) is 0 Å². The monoisotopic (exact) mass is 323 g/mol. The van der Waals surface area contributed by atoms with Crippen LogP contribution in [0.4, 0.5) is 4.79 Å². The summed E-state index contributed by atoms with van der Waals surface area (Å²) in [6.07, 6.45) is 2.10. The molecule has 3 aliphatic rings. The fourth-order valence-electron chi connectivity index (χ4n) is 4.50. The summed E-state index contributed by atoms with van der Waals surface area (Å²) in [5.41, 5.74) is -0.0794. The van der Waals surface area contributed by atoms with Gasteiger partial charge in [-0.3, -0.25) is 0 Å². The zero-order valence-electron chi connectivity index (χ0n) is 10.4. The van der Waals surface area contributed by atoms with Gasteiger partial charge in [0.1, 0.15) is 0 Å². The zero-order chi connectivity index (χ0) is 12.5. The van der Waals surface area contributed by atoms with Crippen LogP contribution < -0.4 is 5.32 Å². The second-order valence-corrected chi connectivity index (χ2v) is 8.71. The number of nitrogens with one attached hydrogen (secondary N) is 1. The van der Waals surface area contributed by atoms with Crippen molar-refractivity contribution in [2.24, 2.45) is 16.7 Å². The fraction of sp³-hybridized carbons (Fsp3) is 0.917. The second kappa shape index (κ2) is 3.34. The van der Waals surface area contributed by atoms with Crippen LogP contribution in [-0.2, 0) is 4.74 Å². The number of carbonyl (C=O) groups excluding carboxylic acids is 1. The number of alkyl carbamates (subject to hydrolysis) is 1. The van der Waals surface area contributed by atoms with Crippen molar-refractivity contribution in [1.82, 2.24) is 5.32 Å². The van der Waals surface area contributed by atoms with Crippen LogP contribution in [0.25, 0.3) is 0 Å². The molecule has 0 aromatic heterocycles. The van der Waals surface area contributed by atoms with Gasteiger partial charge in [-0.05, 0) is 0 Å². The van der Waals surface area contributed by atoms with E-state index in [4.69, 9.17) is 14.8 Å². The normalized spacial score (nSPS) is 50.7. The molecule has 0 aromatic rings. The van der Waals surface area contributed by atoms with Crippen LogP contribution in [0, 0.1) is 16.7 Å². The van der Waals surface area contributed by atoms with Gasteiger partial charge < -0.3 is 0 Å². The van der Waals surface area contributed by atoms with Crippen molar-refractivity contribution in [1.29, 1.82) is 0 Å². The van der Waals surface area contributed by atoms with E-state index in [0.29, 0.717) is 17.3 Å². The Hall–Kier alpha value is 0.0795. The molecular formula is C12H18ClNO2Se. The summed E-state index contributed by atoms with van der Waals surface area (Å²) in [4.78, 5) is 11.9. The molecule has 2 aliphatic carbocycles. The van der Waals surface area contributed by atoms with E-state index in [1.165, 1.54) is 6.42 Å². The van der Waals surface area contributed by atoms with E-state index >= 15 is 0 Å². The standard InChI is InChI=1S/C12H18ClNO2Se/c1-10(2)7-4-5-11(10,3)12(8(7)17-13)6-14-9(15)16-12/h7-8H,4-6H2,1-3H3,(H,14,15)/t7-,8+,11-,12?/m1/s1. The van der Waals surface area contributed by atoms with Crippen LogP contribution in [0.5, 0.6) is 0 Å². The molecule has 0 radical (unpaired) electrons. The van der Waals surface area contributed by atoms with Gasteiger partial charge in [0.05, 0.1) is 0 Å². The third kappa shape index (κ3) is 1.13. The fourth-order valence-corrected chi connectivity index (χ4v) is 8.28. The van der Waals surface area contributed by atoms with Gasteiger partial charge in [-0.15, -0.1) is 0 Å². The Morgan fingerprint density at radius 1 is 1.47 bits per heavy atom. The molecule has 4 atom stereocenters. The summed E-state index contributed by atoms with van der Waals surface area (Å²) in [6, 6.07) is 0. The summed E-state index contributed by atoms with van der Waals surface area (Å²) < 4.78 is 5.77. The quantitative estimate of drug-likeness (QED) is 0.754. The molecule has 0 aromatic carbocycles. The van der Waals surface area contributed by atoms with Gasteiger partial charge in [0.2, 0.25) is 0 Å². The topological polar surface area (TPSA) is 38.3 Å². The van der Waals surface area contributed by atoms with Crippen LogP contribution in [0.2, 0.25) is 4.82 Å². The predicted molar refractivity (Wildman–Crippen MR) is 67.2 cm³/mol. The molecule has 1 unspecified atom stereocenters. The summed E-state index contributed by atoms with van der Waals surface area (Å²) >= 11 is 0.00637. The van der Waals surface area contributed by atoms with Crippen molar-refractivity contribution in [2.75, 3.05) is 6.54 Å². The first-order chi connectivity index (χ1) is 7.89. The first-order valence-electron chi connectivity index (χ1n) is 6.13. The number of hydrogen-bond acceptors (Lipinski definition) is 2. The number of rotatable bonds is 1. The van der Waals surface area contributed by atoms with Crippen molar-refractivity contribution < 1.29 is 9.53 Å². The second-order valence-electron chi connectivity index (χ2n) is 6.34. The molecule has 17 heavy (non-hydrogen) atoms. The number of hydrogen-bond donors (Lipinski definition) is 1. The minimum absolute atomic E-state index is 0.00637. The van der Waals surface area contributed by atoms with Crippen LogP contribution in [-0.4, -0.2) is 32.3 Å². The molecule has 1 spiro atoms. The first-order valence-corrected chi connectivity index (χ1v) is 9.37. The predicted octanol–water partition coefficient (Wildman–Crippen LogP) is 2.57. The van der Waals surface area contributed by atoms with Crippen LogP contribution in [0.3, 0.4) is 0 Å². The molecule has 1 heterocycles. The molecule has 5 heteroatoms. The van der Waals surface area contributed by atoms with Crippen molar-refractivity contribution in [3.8, 4) is 0 Å². The van der Waals surface area contributed by atoms with Crippen LogP contribution >= 0.6 is 10.1 Å². The number of fused-ring (bicyclic) bond motifs is 3. The maximum atomic E-state index is 11.5. The van der Waals surface area contributed by atoms with E-state index in [-0.39, 0.29) is 36.6 Å². The first kappa shape index (κ1) is 12.1. The average Bonchev–Trinajstić information content (AvgIpc) is 2.78. The SMILES string of the molecule is CC1(C)[C@@H]2CC[C@@]1(C)C1(CNC(=O)O1)[C@H]2[Se]Cl. The average molecular weight is 323 g/mol. The van der Waals surface area contributed by atoms with E-state index in [1.807, 2.05) is 0 Å². The molecular weight excluding hydrogens is 305 g/mol. The van der Waals surface area contributed by atoms with E-state index in [2.05, 4.69) is 26.1 Å². The van der Waals surface area contributed by atoms with Gasteiger partial charge in [0.25, 0.3) is 0 Å². The van der Waals surface area contributed by atoms with Gasteiger partial charge in [0.15, 0.2) is 0 Å². The number of halogens is 1. The van der Waals surface area contributed by atoms with Crippen LogP contribution in [0.15, 0.2) is 0 Å². The number of ether oxygens (including phenoxy) is 1. The van der Waals surface area contributed by atoms with Gasteiger partial charge >= 0.3 is 112 Å². The summed E-state index contributed by atoms with van der Waals surface area (Å²) in [5, 5.41) is 2.85. The Morgan fingerprint density at radius 3 is 2.71 bits per heavy atom. The summed E-state index contributed by atoms with van der Waals surface area (Å²) in [5.74, 6) is 0.595.